The highest BCUT2D eigenvalue weighted by Crippen LogP contribution is 2.20. The van der Waals surface area contributed by atoms with Gasteiger partial charge in [0.25, 0.3) is 5.91 Å². The summed E-state index contributed by atoms with van der Waals surface area (Å²) in [6.07, 6.45) is 1.31. The van der Waals surface area contributed by atoms with Gasteiger partial charge in [-0.2, -0.15) is 0 Å². The van der Waals surface area contributed by atoms with Crippen molar-refractivity contribution < 1.29 is 23.8 Å². The summed E-state index contributed by atoms with van der Waals surface area (Å²) >= 11 is 0. The third-order valence-corrected chi connectivity index (χ3v) is 2.70. The summed E-state index contributed by atoms with van der Waals surface area (Å²) in [5.41, 5.74) is 0.879. The van der Waals surface area contributed by atoms with Crippen LogP contribution in [0.5, 0.6) is 0 Å². The number of carbonyl (C=O) groups is 2. The van der Waals surface area contributed by atoms with Gasteiger partial charge in [0.05, 0.1) is 19.3 Å². The molecule has 0 aliphatic carbocycles. The summed E-state index contributed by atoms with van der Waals surface area (Å²) in [6.45, 7) is -0.534. The number of hydrogen-bond donors (Lipinski definition) is 2. The zero-order valence-electron chi connectivity index (χ0n) is 10.3. The predicted octanol–water partition coefficient (Wildman–Crippen LogP) is 0.696. The van der Waals surface area contributed by atoms with Crippen LogP contribution >= 0.6 is 0 Å². The molecule has 6 heteroatoms. The van der Waals surface area contributed by atoms with Crippen LogP contribution in [0.1, 0.15) is 10.4 Å². The Morgan fingerprint density at radius 3 is 2.84 bits per heavy atom. The highest BCUT2D eigenvalue weighted by molar-refractivity contribution is 6.06. The maximum absolute atomic E-state index is 12.0. The van der Waals surface area contributed by atoms with E-state index in [4.69, 9.17) is 9.52 Å². The van der Waals surface area contributed by atoms with Gasteiger partial charge in [-0.25, -0.2) is 4.79 Å². The van der Waals surface area contributed by atoms with Crippen LogP contribution in [0.4, 0.5) is 0 Å². The summed E-state index contributed by atoms with van der Waals surface area (Å²) in [5, 5.41) is 12.1. The van der Waals surface area contributed by atoms with Crippen LogP contribution in [0.25, 0.3) is 11.0 Å². The molecule has 2 N–H and O–H groups in total. The molecule has 1 aromatic carbocycles. The molecule has 2 aromatic rings. The molecule has 100 valence electrons. The Morgan fingerprint density at radius 1 is 1.42 bits per heavy atom. The summed E-state index contributed by atoms with van der Waals surface area (Å²) in [5.74, 6) is -1.21. The lowest BCUT2D eigenvalue weighted by Crippen LogP contribution is -2.43. The molecule has 0 bridgehead atoms. The summed E-state index contributed by atoms with van der Waals surface area (Å²) < 4.78 is 9.70. The van der Waals surface area contributed by atoms with E-state index in [1.54, 1.807) is 24.3 Å². The van der Waals surface area contributed by atoms with Gasteiger partial charge in [0.15, 0.2) is 6.04 Å². The number of esters is 1. The van der Waals surface area contributed by atoms with Crippen molar-refractivity contribution in [3.8, 4) is 0 Å². The number of nitrogens with one attached hydrogen (secondary N) is 1. The average molecular weight is 263 g/mol. The van der Waals surface area contributed by atoms with E-state index in [1.807, 2.05) is 0 Å². The van der Waals surface area contributed by atoms with Crippen LogP contribution in [0.2, 0.25) is 0 Å². The lowest BCUT2D eigenvalue weighted by atomic mass is 10.1. The van der Waals surface area contributed by atoms with Gasteiger partial charge < -0.3 is 19.6 Å². The first-order chi connectivity index (χ1) is 9.17. The number of hydrogen-bond acceptors (Lipinski definition) is 5. The van der Waals surface area contributed by atoms with Gasteiger partial charge in [-0.05, 0) is 6.07 Å². The minimum atomic E-state index is -1.09. The van der Waals surface area contributed by atoms with Gasteiger partial charge in [-0.3, -0.25) is 4.79 Å². The number of amides is 1. The number of benzene rings is 1. The van der Waals surface area contributed by atoms with Crippen LogP contribution in [0.3, 0.4) is 0 Å². The number of rotatable bonds is 4. The molecule has 0 radical (unpaired) electrons. The second-order valence-corrected chi connectivity index (χ2v) is 3.88. The van der Waals surface area contributed by atoms with Crippen molar-refractivity contribution in [2.24, 2.45) is 0 Å². The molecule has 2 rings (SSSR count). The number of ether oxygens (including phenoxy) is 1. The molecule has 19 heavy (non-hydrogen) atoms. The highest BCUT2D eigenvalue weighted by Gasteiger charge is 2.23. The summed E-state index contributed by atoms with van der Waals surface area (Å²) in [7, 11) is 1.18. The van der Waals surface area contributed by atoms with Crippen LogP contribution in [0.15, 0.2) is 34.9 Å². The first-order valence-corrected chi connectivity index (χ1v) is 5.63. The minimum Gasteiger partial charge on any atom is -0.467 e. The van der Waals surface area contributed by atoms with E-state index in [2.05, 4.69) is 10.1 Å². The molecule has 0 aliphatic rings. The molecule has 0 saturated carbocycles. The monoisotopic (exact) mass is 263 g/mol. The van der Waals surface area contributed by atoms with Crippen molar-refractivity contribution in [1.82, 2.24) is 5.32 Å². The van der Waals surface area contributed by atoms with Crippen LogP contribution in [0, 0.1) is 0 Å². The Morgan fingerprint density at radius 2 is 2.16 bits per heavy atom. The third kappa shape index (κ3) is 2.58. The predicted molar refractivity (Wildman–Crippen MR) is 66.6 cm³/mol. The normalized spacial score (nSPS) is 12.1. The molecule has 1 unspecified atom stereocenters. The number of fused-ring (bicyclic) bond motifs is 1. The Kier molecular flexibility index (Phi) is 3.82. The Labute approximate surface area is 109 Å². The zero-order chi connectivity index (χ0) is 13.8. The van der Waals surface area contributed by atoms with Crippen LogP contribution in [-0.2, 0) is 9.53 Å². The first-order valence-electron chi connectivity index (χ1n) is 5.63. The lowest BCUT2D eigenvalue weighted by Gasteiger charge is -2.13. The minimum absolute atomic E-state index is 0.304. The fourth-order valence-electron chi connectivity index (χ4n) is 1.71. The van der Waals surface area contributed by atoms with Crippen molar-refractivity contribution >= 4 is 22.8 Å². The topological polar surface area (TPSA) is 88.8 Å². The second-order valence-electron chi connectivity index (χ2n) is 3.88. The van der Waals surface area contributed by atoms with Gasteiger partial charge in [-0.1, -0.05) is 18.2 Å². The standard InChI is InChI=1S/C13H13NO5/c1-18-13(17)10(6-15)14-12(16)9-7-19-11-5-3-2-4-8(9)11/h2-5,7,10,15H,6H2,1H3,(H,14,16). The molecule has 0 spiro atoms. The third-order valence-electron chi connectivity index (χ3n) is 2.70. The molecule has 0 aliphatic heterocycles. The molecule has 1 heterocycles. The number of aliphatic hydroxyl groups excluding tert-OH is 1. The number of methoxy groups -OCH3 is 1. The fraction of sp³-hybridized carbons (Fsp3) is 0.231. The van der Waals surface area contributed by atoms with Gasteiger partial charge >= 0.3 is 5.97 Å². The van der Waals surface area contributed by atoms with Crippen LogP contribution in [-0.4, -0.2) is 36.7 Å². The van der Waals surface area contributed by atoms with Gasteiger partial charge in [-0.15, -0.1) is 0 Å². The molecule has 0 fully saturated rings. The summed E-state index contributed by atoms with van der Waals surface area (Å²) in [6, 6.07) is 5.94. The largest absolute Gasteiger partial charge is 0.467 e. The van der Waals surface area contributed by atoms with Gasteiger partial charge in [0.1, 0.15) is 11.8 Å². The van der Waals surface area contributed by atoms with E-state index in [1.165, 1.54) is 13.4 Å². The SMILES string of the molecule is COC(=O)C(CO)NC(=O)c1coc2ccccc12. The molecule has 0 saturated heterocycles. The van der Waals surface area contributed by atoms with E-state index >= 15 is 0 Å². The fourth-order valence-corrected chi connectivity index (χ4v) is 1.71. The van der Waals surface area contributed by atoms with Crippen molar-refractivity contribution in [3.05, 3.63) is 36.1 Å². The smallest absolute Gasteiger partial charge is 0.330 e. The van der Waals surface area contributed by atoms with Crippen LogP contribution < -0.4 is 5.32 Å². The Balaban J connectivity index is 2.22. The van der Waals surface area contributed by atoms with Gasteiger partial charge in [0.2, 0.25) is 0 Å². The molecule has 1 atom stereocenters. The average Bonchev–Trinajstić information content (AvgIpc) is 2.87. The Bertz CT molecular complexity index is 604. The maximum Gasteiger partial charge on any atom is 0.330 e. The number of carbonyl (C=O) groups excluding carboxylic acids is 2. The van der Waals surface area contributed by atoms with E-state index in [9.17, 15) is 9.59 Å². The van der Waals surface area contributed by atoms with E-state index in [0.29, 0.717) is 16.5 Å². The summed E-state index contributed by atoms with van der Waals surface area (Å²) in [4.78, 5) is 23.3. The first kappa shape index (κ1) is 13.1. The number of aliphatic hydroxyl groups is 1. The van der Waals surface area contributed by atoms with E-state index in [-0.39, 0.29) is 0 Å². The molecular formula is C13H13NO5. The van der Waals surface area contributed by atoms with Crippen molar-refractivity contribution in [3.63, 3.8) is 0 Å². The lowest BCUT2D eigenvalue weighted by molar-refractivity contribution is -0.143. The van der Waals surface area contributed by atoms with Gasteiger partial charge in [0, 0.05) is 5.39 Å². The van der Waals surface area contributed by atoms with Crippen molar-refractivity contribution in [1.29, 1.82) is 0 Å². The zero-order valence-corrected chi connectivity index (χ0v) is 10.3. The second kappa shape index (κ2) is 5.53. The molecule has 1 amide bonds. The Hall–Kier alpha value is -2.34. The quantitative estimate of drug-likeness (QED) is 0.792. The van der Waals surface area contributed by atoms with E-state index < -0.39 is 24.5 Å². The molecule has 1 aromatic heterocycles. The van der Waals surface area contributed by atoms with Crippen molar-refractivity contribution in [2.75, 3.05) is 13.7 Å². The maximum atomic E-state index is 12.0. The number of furan rings is 1. The molecule has 6 nitrogen and oxygen atoms in total. The van der Waals surface area contributed by atoms with E-state index in [0.717, 1.165) is 0 Å². The number of para-hydroxylation sites is 1. The van der Waals surface area contributed by atoms with Crippen molar-refractivity contribution in [2.45, 2.75) is 6.04 Å². The highest BCUT2D eigenvalue weighted by atomic mass is 16.5. The molecular weight excluding hydrogens is 250 g/mol.